The summed E-state index contributed by atoms with van der Waals surface area (Å²) in [5.74, 6) is -1.74. The van der Waals surface area contributed by atoms with Crippen LogP contribution in [0.3, 0.4) is 0 Å². The third kappa shape index (κ3) is 4.66. The zero-order chi connectivity index (χ0) is 16.7. The highest BCUT2D eigenvalue weighted by Gasteiger charge is 2.32. The van der Waals surface area contributed by atoms with Crippen molar-refractivity contribution >= 4 is 23.6 Å². The van der Waals surface area contributed by atoms with Crippen LogP contribution in [-0.2, 0) is 23.9 Å². The van der Waals surface area contributed by atoms with E-state index in [1.165, 1.54) is 6.92 Å². The quantitative estimate of drug-likeness (QED) is 0.440. The van der Waals surface area contributed by atoms with Gasteiger partial charge in [0.25, 0.3) is 11.8 Å². The van der Waals surface area contributed by atoms with Gasteiger partial charge < -0.3 is 15.4 Å². The van der Waals surface area contributed by atoms with Crippen LogP contribution in [-0.4, -0.2) is 60.4 Å². The Bertz CT molecular complexity index is 471. The summed E-state index contributed by atoms with van der Waals surface area (Å²) in [5, 5.41) is 5.17. The van der Waals surface area contributed by atoms with Gasteiger partial charge in [-0.3, -0.25) is 24.1 Å². The number of imide groups is 1. The van der Waals surface area contributed by atoms with Crippen molar-refractivity contribution in [2.75, 3.05) is 19.7 Å². The first kappa shape index (κ1) is 17.8. The molecule has 1 aliphatic rings. The number of carbonyl (C=O) groups is 4. The normalized spacial score (nSPS) is 16.6. The SMILES string of the molecule is CCOC(C)C(=O)NCCNC(=O)C(C)N1C(=O)C=CC1=O. The molecule has 0 fully saturated rings. The summed E-state index contributed by atoms with van der Waals surface area (Å²) >= 11 is 0. The van der Waals surface area contributed by atoms with Crippen LogP contribution in [0.5, 0.6) is 0 Å². The van der Waals surface area contributed by atoms with E-state index in [4.69, 9.17) is 4.74 Å². The Morgan fingerprint density at radius 2 is 1.59 bits per heavy atom. The molecule has 22 heavy (non-hydrogen) atoms. The van der Waals surface area contributed by atoms with Gasteiger partial charge in [0.05, 0.1) is 0 Å². The molecule has 0 bridgehead atoms. The maximum atomic E-state index is 11.9. The van der Waals surface area contributed by atoms with Gasteiger partial charge in [-0.05, 0) is 20.8 Å². The fraction of sp³-hybridized carbons (Fsp3) is 0.571. The lowest BCUT2D eigenvalue weighted by molar-refractivity contribution is -0.144. The Kier molecular flexibility index (Phi) is 6.71. The molecule has 1 rings (SSSR count). The molecule has 0 saturated heterocycles. The molecule has 1 aliphatic heterocycles. The molecule has 2 unspecified atom stereocenters. The second kappa shape index (κ2) is 8.28. The smallest absolute Gasteiger partial charge is 0.254 e. The van der Waals surface area contributed by atoms with Crippen LogP contribution in [0.2, 0.25) is 0 Å². The molecule has 0 radical (unpaired) electrons. The molecule has 0 aliphatic carbocycles. The molecular formula is C14H21N3O5. The van der Waals surface area contributed by atoms with Crippen molar-refractivity contribution in [1.82, 2.24) is 15.5 Å². The first-order valence-corrected chi connectivity index (χ1v) is 7.10. The standard InChI is InChI=1S/C14H21N3O5/c1-4-22-10(3)14(21)16-8-7-15-13(20)9(2)17-11(18)5-6-12(17)19/h5-6,9-10H,4,7-8H2,1-3H3,(H,15,20)(H,16,21). The zero-order valence-corrected chi connectivity index (χ0v) is 12.9. The van der Waals surface area contributed by atoms with Crippen LogP contribution in [0.1, 0.15) is 20.8 Å². The lowest BCUT2D eigenvalue weighted by Gasteiger charge is -2.21. The predicted molar refractivity (Wildman–Crippen MR) is 77.6 cm³/mol. The molecule has 8 heteroatoms. The molecule has 8 nitrogen and oxygen atoms in total. The van der Waals surface area contributed by atoms with Crippen LogP contribution >= 0.6 is 0 Å². The Balaban J connectivity index is 2.30. The third-order valence-electron chi connectivity index (χ3n) is 3.12. The number of carbonyl (C=O) groups excluding carboxylic acids is 4. The number of ether oxygens (including phenoxy) is 1. The van der Waals surface area contributed by atoms with E-state index in [9.17, 15) is 19.2 Å². The molecule has 0 saturated carbocycles. The van der Waals surface area contributed by atoms with E-state index >= 15 is 0 Å². The van der Waals surface area contributed by atoms with E-state index in [1.54, 1.807) is 13.8 Å². The van der Waals surface area contributed by atoms with Gasteiger partial charge in [-0.2, -0.15) is 0 Å². The molecule has 0 aromatic heterocycles. The Labute approximate surface area is 128 Å². The third-order valence-corrected chi connectivity index (χ3v) is 3.12. The van der Waals surface area contributed by atoms with E-state index in [2.05, 4.69) is 10.6 Å². The Morgan fingerprint density at radius 1 is 1.09 bits per heavy atom. The average Bonchev–Trinajstić information content (AvgIpc) is 2.81. The van der Waals surface area contributed by atoms with E-state index in [0.717, 1.165) is 17.1 Å². The van der Waals surface area contributed by atoms with Gasteiger partial charge in [0.1, 0.15) is 12.1 Å². The monoisotopic (exact) mass is 311 g/mol. The fourth-order valence-corrected chi connectivity index (χ4v) is 1.90. The predicted octanol–water partition coefficient (Wildman–Crippen LogP) is -1.04. The fourth-order valence-electron chi connectivity index (χ4n) is 1.90. The van der Waals surface area contributed by atoms with E-state index < -0.39 is 29.9 Å². The minimum atomic E-state index is -0.895. The van der Waals surface area contributed by atoms with Gasteiger partial charge in [0.2, 0.25) is 11.8 Å². The molecule has 122 valence electrons. The summed E-state index contributed by atoms with van der Waals surface area (Å²) in [5.41, 5.74) is 0. The van der Waals surface area contributed by atoms with Gasteiger partial charge in [0, 0.05) is 31.8 Å². The maximum Gasteiger partial charge on any atom is 0.254 e. The minimum Gasteiger partial charge on any atom is -0.369 e. The molecule has 0 aromatic rings. The van der Waals surface area contributed by atoms with Crippen LogP contribution in [0.25, 0.3) is 0 Å². The van der Waals surface area contributed by atoms with Crippen molar-refractivity contribution in [2.24, 2.45) is 0 Å². The van der Waals surface area contributed by atoms with Crippen molar-refractivity contribution in [1.29, 1.82) is 0 Å². The van der Waals surface area contributed by atoms with E-state index in [0.29, 0.717) is 6.61 Å². The van der Waals surface area contributed by atoms with Crippen LogP contribution in [0.4, 0.5) is 0 Å². The second-order valence-corrected chi connectivity index (χ2v) is 4.74. The maximum absolute atomic E-state index is 11.9. The van der Waals surface area contributed by atoms with Crippen molar-refractivity contribution in [2.45, 2.75) is 32.9 Å². The minimum absolute atomic E-state index is 0.192. The first-order valence-electron chi connectivity index (χ1n) is 7.10. The Morgan fingerprint density at radius 3 is 2.09 bits per heavy atom. The van der Waals surface area contributed by atoms with Gasteiger partial charge in [-0.1, -0.05) is 0 Å². The summed E-state index contributed by atoms with van der Waals surface area (Å²) in [6.07, 6.45) is 1.70. The van der Waals surface area contributed by atoms with E-state index in [1.807, 2.05) is 0 Å². The van der Waals surface area contributed by atoms with Crippen molar-refractivity contribution < 1.29 is 23.9 Å². The van der Waals surface area contributed by atoms with Gasteiger partial charge >= 0.3 is 0 Å². The number of hydrogen-bond acceptors (Lipinski definition) is 5. The number of rotatable bonds is 8. The second-order valence-electron chi connectivity index (χ2n) is 4.74. The summed E-state index contributed by atoms with van der Waals surface area (Å²) < 4.78 is 5.12. The van der Waals surface area contributed by atoms with E-state index in [-0.39, 0.29) is 19.0 Å². The summed E-state index contributed by atoms with van der Waals surface area (Å²) in [4.78, 5) is 47.2. The van der Waals surface area contributed by atoms with Gasteiger partial charge in [-0.15, -0.1) is 0 Å². The molecule has 2 atom stereocenters. The van der Waals surface area contributed by atoms with Gasteiger partial charge in [-0.25, -0.2) is 0 Å². The number of hydrogen-bond donors (Lipinski definition) is 2. The highest BCUT2D eigenvalue weighted by Crippen LogP contribution is 2.08. The van der Waals surface area contributed by atoms with Crippen LogP contribution < -0.4 is 10.6 Å². The molecular weight excluding hydrogens is 290 g/mol. The lowest BCUT2D eigenvalue weighted by atomic mass is 10.2. The average molecular weight is 311 g/mol. The van der Waals surface area contributed by atoms with Crippen LogP contribution in [0, 0.1) is 0 Å². The van der Waals surface area contributed by atoms with Crippen LogP contribution in [0.15, 0.2) is 12.2 Å². The number of nitrogens with one attached hydrogen (secondary N) is 2. The van der Waals surface area contributed by atoms with Gasteiger partial charge in [0.15, 0.2) is 0 Å². The van der Waals surface area contributed by atoms with Crippen molar-refractivity contribution in [3.05, 3.63) is 12.2 Å². The molecule has 4 amide bonds. The first-order chi connectivity index (χ1) is 10.4. The lowest BCUT2D eigenvalue weighted by Crippen LogP contribution is -2.49. The highest BCUT2D eigenvalue weighted by molar-refractivity contribution is 6.15. The summed E-state index contributed by atoms with van der Waals surface area (Å²) in [7, 11) is 0. The molecule has 0 aromatic carbocycles. The summed E-state index contributed by atoms with van der Waals surface area (Å²) in [6, 6.07) is -0.895. The van der Waals surface area contributed by atoms with Crippen molar-refractivity contribution in [3.63, 3.8) is 0 Å². The highest BCUT2D eigenvalue weighted by atomic mass is 16.5. The Hall–Kier alpha value is -2.22. The number of amides is 4. The number of nitrogens with zero attached hydrogens (tertiary/aromatic N) is 1. The zero-order valence-electron chi connectivity index (χ0n) is 12.9. The summed E-state index contributed by atoms with van der Waals surface area (Å²) in [6.45, 7) is 5.76. The van der Waals surface area contributed by atoms with Crippen molar-refractivity contribution in [3.8, 4) is 0 Å². The molecule has 2 N–H and O–H groups in total. The molecule has 0 spiro atoms. The molecule has 1 heterocycles. The largest absolute Gasteiger partial charge is 0.369 e. The topological polar surface area (TPSA) is 105 Å².